The van der Waals surface area contributed by atoms with Crippen LogP contribution in [-0.4, -0.2) is 18.0 Å². The Morgan fingerprint density at radius 1 is 1.35 bits per heavy atom. The molecular formula is C17H14BrClN2O2. The van der Waals surface area contributed by atoms with E-state index in [0.29, 0.717) is 20.9 Å². The molecule has 0 aliphatic heterocycles. The maximum Gasteiger partial charge on any atom is 0.228 e. The molecular weight excluding hydrogens is 380 g/mol. The second-order valence-corrected chi connectivity index (χ2v) is 6.34. The van der Waals surface area contributed by atoms with E-state index in [-0.39, 0.29) is 12.3 Å². The van der Waals surface area contributed by atoms with Gasteiger partial charge < -0.3 is 15.0 Å². The van der Waals surface area contributed by atoms with Crippen molar-refractivity contribution < 1.29 is 9.53 Å². The van der Waals surface area contributed by atoms with Crippen molar-refractivity contribution in [3.8, 4) is 5.75 Å². The second-order valence-electron chi connectivity index (χ2n) is 5.05. The van der Waals surface area contributed by atoms with Gasteiger partial charge in [-0.25, -0.2) is 0 Å². The molecule has 1 amide bonds. The minimum absolute atomic E-state index is 0.137. The molecule has 0 saturated heterocycles. The van der Waals surface area contributed by atoms with Crippen molar-refractivity contribution in [3.05, 3.63) is 57.7 Å². The van der Waals surface area contributed by atoms with Gasteiger partial charge in [0.25, 0.3) is 0 Å². The van der Waals surface area contributed by atoms with Gasteiger partial charge in [0.05, 0.1) is 23.7 Å². The van der Waals surface area contributed by atoms with Gasteiger partial charge in [-0.05, 0) is 39.7 Å². The van der Waals surface area contributed by atoms with Gasteiger partial charge in [-0.15, -0.1) is 0 Å². The molecule has 0 spiro atoms. The van der Waals surface area contributed by atoms with E-state index in [9.17, 15) is 4.79 Å². The van der Waals surface area contributed by atoms with Crippen LogP contribution in [0.15, 0.2) is 47.1 Å². The van der Waals surface area contributed by atoms with Gasteiger partial charge in [-0.2, -0.15) is 0 Å². The van der Waals surface area contributed by atoms with E-state index in [4.69, 9.17) is 16.3 Å². The summed E-state index contributed by atoms with van der Waals surface area (Å²) in [4.78, 5) is 15.5. The number of halogens is 2. The lowest BCUT2D eigenvalue weighted by Crippen LogP contribution is -2.15. The molecule has 3 aromatic rings. The molecule has 0 bridgehead atoms. The minimum Gasteiger partial charge on any atom is -0.493 e. The van der Waals surface area contributed by atoms with Crippen molar-refractivity contribution in [1.82, 2.24) is 4.98 Å². The molecule has 0 aliphatic carbocycles. The smallest absolute Gasteiger partial charge is 0.228 e. The third kappa shape index (κ3) is 3.35. The number of methoxy groups -OCH3 is 1. The molecule has 4 nitrogen and oxygen atoms in total. The third-order valence-electron chi connectivity index (χ3n) is 3.51. The zero-order valence-corrected chi connectivity index (χ0v) is 14.7. The Balaban J connectivity index is 1.83. The fourth-order valence-electron chi connectivity index (χ4n) is 2.51. The van der Waals surface area contributed by atoms with E-state index in [1.54, 1.807) is 19.2 Å². The number of benzene rings is 2. The standard InChI is InChI=1S/C17H14BrClN2O2/c1-23-17-13(18)7-11(19)8-15(17)21-16(22)6-10-9-20-14-5-3-2-4-12(10)14/h2-5,7-9,20H,6H2,1H3,(H,21,22). The molecule has 2 aromatic carbocycles. The number of carbonyl (C=O) groups excluding carboxylic acids is 1. The maximum absolute atomic E-state index is 12.4. The number of hydrogen-bond acceptors (Lipinski definition) is 2. The SMILES string of the molecule is COc1c(Br)cc(Cl)cc1NC(=O)Cc1c[nH]c2ccccc12. The van der Waals surface area contributed by atoms with Crippen molar-refractivity contribution in [2.24, 2.45) is 0 Å². The largest absolute Gasteiger partial charge is 0.493 e. The summed E-state index contributed by atoms with van der Waals surface area (Å²) in [6.45, 7) is 0. The molecule has 0 atom stereocenters. The zero-order valence-electron chi connectivity index (χ0n) is 12.3. The first-order valence-corrected chi connectivity index (χ1v) is 8.13. The lowest BCUT2D eigenvalue weighted by atomic mass is 10.1. The number of hydrogen-bond donors (Lipinski definition) is 2. The van der Waals surface area contributed by atoms with E-state index < -0.39 is 0 Å². The first-order valence-electron chi connectivity index (χ1n) is 6.96. The van der Waals surface area contributed by atoms with Crippen LogP contribution in [0.5, 0.6) is 5.75 Å². The normalized spacial score (nSPS) is 10.7. The van der Waals surface area contributed by atoms with Crippen molar-refractivity contribution >= 4 is 50.0 Å². The molecule has 1 aromatic heterocycles. The number of fused-ring (bicyclic) bond motifs is 1. The summed E-state index contributed by atoms with van der Waals surface area (Å²) in [6.07, 6.45) is 2.12. The van der Waals surface area contributed by atoms with E-state index in [0.717, 1.165) is 16.5 Å². The van der Waals surface area contributed by atoms with Crippen LogP contribution in [0.1, 0.15) is 5.56 Å². The monoisotopic (exact) mass is 392 g/mol. The van der Waals surface area contributed by atoms with Crippen molar-refractivity contribution in [1.29, 1.82) is 0 Å². The molecule has 0 aliphatic rings. The molecule has 118 valence electrons. The lowest BCUT2D eigenvalue weighted by molar-refractivity contribution is -0.115. The summed E-state index contributed by atoms with van der Waals surface area (Å²) in [5.74, 6) is 0.406. The van der Waals surface area contributed by atoms with E-state index in [2.05, 4.69) is 26.2 Å². The predicted octanol–water partition coefficient (Wildman–Crippen LogP) is 4.77. The first kappa shape index (κ1) is 15.9. The number of aromatic amines is 1. The van der Waals surface area contributed by atoms with Gasteiger partial charge in [0.15, 0.2) is 5.75 Å². The summed E-state index contributed by atoms with van der Waals surface area (Å²) in [5, 5.41) is 4.41. The quantitative estimate of drug-likeness (QED) is 0.670. The third-order valence-corrected chi connectivity index (χ3v) is 4.32. The van der Waals surface area contributed by atoms with Gasteiger partial charge in [0, 0.05) is 22.1 Å². The maximum atomic E-state index is 12.4. The van der Waals surface area contributed by atoms with Crippen molar-refractivity contribution in [2.75, 3.05) is 12.4 Å². The van der Waals surface area contributed by atoms with E-state index in [1.807, 2.05) is 30.5 Å². The summed E-state index contributed by atoms with van der Waals surface area (Å²) < 4.78 is 6.00. The van der Waals surface area contributed by atoms with Crippen LogP contribution in [0.4, 0.5) is 5.69 Å². The van der Waals surface area contributed by atoms with Crippen LogP contribution >= 0.6 is 27.5 Å². The predicted molar refractivity (Wildman–Crippen MR) is 96.3 cm³/mol. The topological polar surface area (TPSA) is 54.1 Å². The Morgan fingerprint density at radius 3 is 2.91 bits per heavy atom. The molecule has 23 heavy (non-hydrogen) atoms. The Hall–Kier alpha value is -1.98. The van der Waals surface area contributed by atoms with Crippen LogP contribution in [-0.2, 0) is 11.2 Å². The Morgan fingerprint density at radius 2 is 2.13 bits per heavy atom. The van der Waals surface area contributed by atoms with Crippen LogP contribution in [0.25, 0.3) is 10.9 Å². The van der Waals surface area contributed by atoms with E-state index >= 15 is 0 Å². The fraction of sp³-hybridized carbons (Fsp3) is 0.118. The van der Waals surface area contributed by atoms with Crippen LogP contribution in [0, 0.1) is 0 Å². The average Bonchev–Trinajstić information content (AvgIpc) is 2.90. The number of para-hydroxylation sites is 1. The van der Waals surface area contributed by atoms with Crippen LogP contribution < -0.4 is 10.1 Å². The highest BCUT2D eigenvalue weighted by molar-refractivity contribution is 9.10. The van der Waals surface area contributed by atoms with Crippen LogP contribution in [0.3, 0.4) is 0 Å². The van der Waals surface area contributed by atoms with Gasteiger partial charge in [0.2, 0.25) is 5.91 Å². The molecule has 2 N–H and O–H groups in total. The minimum atomic E-state index is -0.137. The number of anilines is 1. The molecule has 0 saturated carbocycles. The lowest BCUT2D eigenvalue weighted by Gasteiger charge is -2.12. The molecule has 1 heterocycles. The van der Waals surface area contributed by atoms with Gasteiger partial charge >= 0.3 is 0 Å². The summed E-state index contributed by atoms with van der Waals surface area (Å²) in [7, 11) is 1.54. The Bertz CT molecular complexity index is 876. The molecule has 0 unspecified atom stereocenters. The van der Waals surface area contributed by atoms with Crippen LogP contribution in [0.2, 0.25) is 5.02 Å². The summed E-state index contributed by atoms with van der Waals surface area (Å²) in [6, 6.07) is 11.3. The van der Waals surface area contributed by atoms with Gasteiger partial charge in [0.1, 0.15) is 0 Å². The van der Waals surface area contributed by atoms with Gasteiger partial charge in [-0.1, -0.05) is 29.8 Å². The number of nitrogens with one attached hydrogen (secondary N) is 2. The number of rotatable bonds is 4. The number of ether oxygens (including phenoxy) is 1. The number of amides is 1. The summed E-state index contributed by atoms with van der Waals surface area (Å²) >= 11 is 9.42. The Kier molecular flexibility index (Phi) is 4.59. The number of carbonyl (C=O) groups is 1. The second kappa shape index (κ2) is 6.64. The van der Waals surface area contributed by atoms with Gasteiger partial charge in [-0.3, -0.25) is 4.79 Å². The zero-order chi connectivity index (χ0) is 16.4. The van der Waals surface area contributed by atoms with E-state index in [1.165, 1.54) is 0 Å². The molecule has 0 radical (unpaired) electrons. The highest BCUT2D eigenvalue weighted by atomic mass is 79.9. The Labute approximate surface area is 146 Å². The number of aromatic nitrogens is 1. The van der Waals surface area contributed by atoms with Crippen molar-refractivity contribution in [2.45, 2.75) is 6.42 Å². The fourth-order valence-corrected chi connectivity index (χ4v) is 3.48. The van der Waals surface area contributed by atoms with Crippen molar-refractivity contribution in [3.63, 3.8) is 0 Å². The molecule has 3 rings (SSSR count). The highest BCUT2D eigenvalue weighted by Crippen LogP contribution is 2.36. The molecule has 6 heteroatoms. The average molecular weight is 394 g/mol. The highest BCUT2D eigenvalue weighted by Gasteiger charge is 2.14. The summed E-state index contributed by atoms with van der Waals surface area (Å²) in [5.41, 5.74) is 2.49. The molecule has 0 fully saturated rings. The number of H-pyrrole nitrogens is 1. The first-order chi connectivity index (χ1) is 11.1.